The van der Waals surface area contributed by atoms with Gasteiger partial charge in [0.05, 0.1) is 6.04 Å². The average molecular weight is 193 g/mol. The molecule has 0 bridgehead atoms. The molecule has 0 radical (unpaired) electrons. The molecule has 1 aliphatic rings. The van der Waals surface area contributed by atoms with Gasteiger partial charge in [0.25, 0.3) is 0 Å². The highest BCUT2D eigenvalue weighted by atomic mass is 19.1. The van der Waals surface area contributed by atoms with Gasteiger partial charge >= 0.3 is 0 Å². The molecule has 0 saturated carbocycles. The topological polar surface area (TPSA) is 29.1 Å². The quantitative estimate of drug-likeness (QED) is 0.784. The van der Waals surface area contributed by atoms with Crippen molar-refractivity contribution in [2.75, 3.05) is 6.54 Å². The van der Waals surface area contributed by atoms with Crippen molar-refractivity contribution in [1.82, 2.24) is 5.32 Å². The third-order valence-electron chi connectivity index (χ3n) is 2.50. The third kappa shape index (κ3) is 1.99. The van der Waals surface area contributed by atoms with Crippen LogP contribution in [-0.4, -0.2) is 18.4 Å². The van der Waals surface area contributed by atoms with E-state index in [0.29, 0.717) is 6.42 Å². The second kappa shape index (κ2) is 3.88. The largest absolute Gasteiger partial charge is 0.307 e. The van der Waals surface area contributed by atoms with Gasteiger partial charge in [-0.3, -0.25) is 4.79 Å². The third-order valence-corrected chi connectivity index (χ3v) is 2.50. The van der Waals surface area contributed by atoms with E-state index in [4.69, 9.17) is 0 Å². The van der Waals surface area contributed by atoms with E-state index in [0.717, 1.165) is 18.5 Å². The van der Waals surface area contributed by atoms with E-state index in [2.05, 4.69) is 5.32 Å². The Bertz CT molecular complexity index is 330. The zero-order chi connectivity index (χ0) is 9.97. The number of rotatable bonds is 3. The van der Waals surface area contributed by atoms with E-state index in [1.165, 1.54) is 12.1 Å². The van der Waals surface area contributed by atoms with Gasteiger partial charge in [0, 0.05) is 6.42 Å². The van der Waals surface area contributed by atoms with E-state index in [9.17, 15) is 9.18 Å². The molecular weight excluding hydrogens is 181 g/mol. The summed E-state index contributed by atoms with van der Waals surface area (Å²) in [5.41, 5.74) is 0.880. The van der Waals surface area contributed by atoms with Crippen molar-refractivity contribution in [3.63, 3.8) is 0 Å². The monoisotopic (exact) mass is 193 g/mol. The molecular formula is C11H12FNO. The van der Waals surface area contributed by atoms with Crippen LogP contribution < -0.4 is 5.32 Å². The first-order valence-electron chi connectivity index (χ1n) is 4.76. The lowest BCUT2D eigenvalue weighted by Gasteiger charge is -2.26. The molecule has 74 valence electrons. The van der Waals surface area contributed by atoms with Crippen molar-refractivity contribution in [2.24, 2.45) is 0 Å². The SMILES string of the molecule is O=C(Cc1ccc(F)cc1)C1CCN1. The number of hydrogen-bond donors (Lipinski definition) is 1. The van der Waals surface area contributed by atoms with Crippen molar-refractivity contribution < 1.29 is 9.18 Å². The maximum absolute atomic E-state index is 12.6. The Balaban J connectivity index is 1.96. The molecule has 14 heavy (non-hydrogen) atoms. The maximum atomic E-state index is 12.6. The Morgan fingerprint density at radius 3 is 2.57 bits per heavy atom. The molecule has 2 rings (SSSR count). The summed E-state index contributed by atoms with van der Waals surface area (Å²) in [6.07, 6.45) is 1.33. The van der Waals surface area contributed by atoms with E-state index in [1.807, 2.05) is 0 Å². The molecule has 1 atom stereocenters. The molecule has 1 heterocycles. The van der Waals surface area contributed by atoms with Gasteiger partial charge in [-0.1, -0.05) is 12.1 Å². The van der Waals surface area contributed by atoms with Gasteiger partial charge < -0.3 is 5.32 Å². The van der Waals surface area contributed by atoms with Gasteiger partial charge in [-0.05, 0) is 30.7 Å². The zero-order valence-electron chi connectivity index (χ0n) is 7.79. The second-order valence-electron chi connectivity index (χ2n) is 3.56. The molecule has 1 aromatic rings. The van der Waals surface area contributed by atoms with E-state index in [1.54, 1.807) is 12.1 Å². The predicted octanol–water partition coefficient (Wildman–Crippen LogP) is 1.30. The Hall–Kier alpha value is -1.22. The molecule has 1 aromatic carbocycles. The number of carbonyl (C=O) groups excluding carboxylic acids is 1. The summed E-state index contributed by atoms with van der Waals surface area (Å²) in [6, 6.07) is 6.12. The first-order valence-corrected chi connectivity index (χ1v) is 4.76. The molecule has 1 aliphatic heterocycles. The molecule has 0 aromatic heterocycles. The van der Waals surface area contributed by atoms with Gasteiger partial charge in [-0.2, -0.15) is 0 Å². The maximum Gasteiger partial charge on any atom is 0.154 e. The Morgan fingerprint density at radius 1 is 1.43 bits per heavy atom. The Morgan fingerprint density at radius 2 is 2.07 bits per heavy atom. The van der Waals surface area contributed by atoms with Gasteiger partial charge in [-0.25, -0.2) is 4.39 Å². The molecule has 1 unspecified atom stereocenters. The molecule has 0 amide bonds. The lowest BCUT2D eigenvalue weighted by atomic mass is 9.97. The van der Waals surface area contributed by atoms with E-state index in [-0.39, 0.29) is 17.6 Å². The van der Waals surface area contributed by atoms with Gasteiger partial charge in [0.2, 0.25) is 0 Å². The van der Waals surface area contributed by atoms with Gasteiger partial charge in [-0.15, -0.1) is 0 Å². The summed E-state index contributed by atoms with van der Waals surface area (Å²) >= 11 is 0. The minimum Gasteiger partial charge on any atom is -0.307 e. The van der Waals surface area contributed by atoms with Crippen LogP contribution in [0.2, 0.25) is 0 Å². The Labute approximate surface area is 82.1 Å². The first kappa shape index (κ1) is 9.34. The van der Waals surface area contributed by atoms with Crippen LogP contribution in [0.3, 0.4) is 0 Å². The Kier molecular flexibility index (Phi) is 2.59. The number of nitrogens with one attached hydrogen (secondary N) is 1. The number of hydrogen-bond acceptors (Lipinski definition) is 2. The summed E-state index contributed by atoms with van der Waals surface area (Å²) in [7, 11) is 0. The standard InChI is InChI=1S/C11H12FNO/c12-9-3-1-8(2-4-9)7-11(14)10-5-6-13-10/h1-4,10,13H,5-7H2. The number of carbonyl (C=O) groups is 1. The van der Waals surface area contributed by atoms with Crippen LogP contribution in [0.5, 0.6) is 0 Å². The molecule has 1 fully saturated rings. The molecule has 0 spiro atoms. The predicted molar refractivity (Wildman–Crippen MR) is 51.5 cm³/mol. The summed E-state index contributed by atoms with van der Waals surface area (Å²) < 4.78 is 12.6. The van der Waals surface area contributed by atoms with Crippen molar-refractivity contribution in [1.29, 1.82) is 0 Å². The average Bonchev–Trinajstić information content (AvgIpc) is 2.06. The number of benzene rings is 1. The van der Waals surface area contributed by atoms with Gasteiger partial charge in [0.1, 0.15) is 5.82 Å². The van der Waals surface area contributed by atoms with Crippen LogP contribution in [-0.2, 0) is 11.2 Å². The van der Waals surface area contributed by atoms with Crippen LogP contribution in [0.25, 0.3) is 0 Å². The fourth-order valence-electron chi connectivity index (χ4n) is 1.49. The van der Waals surface area contributed by atoms with E-state index >= 15 is 0 Å². The molecule has 3 heteroatoms. The van der Waals surface area contributed by atoms with E-state index < -0.39 is 0 Å². The normalized spacial score (nSPS) is 20.2. The smallest absolute Gasteiger partial charge is 0.154 e. The zero-order valence-corrected chi connectivity index (χ0v) is 7.79. The highest BCUT2D eigenvalue weighted by Crippen LogP contribution is 2.09. The number of halogens is 1. The van der Waals surface area contributed by atoms with Crippen LogP contribution in [0, 0.1) is 5.82 Å². The summed E-state index contributed by atoms with van der Waals surface area (Å²) in [5.74, 6) is -0.0640. The molecule has 2 nitrogen and oxygen atoms in total. The first-order chi connectivity index (χ1) is 6.75. The molecule has 1 saturated heterocycles. The fourth-order valence-corrected chi connectivity index (χ4v) is 1.49. The molecule has 1 N–H and O–H groups in total. The van der Waals surface area contributed by atoms with Crippen LogP contribution >= 0.6 is 0 Å². The van der Waals surface area contributed by atoms with Gasteiger partial charge in [0.15, 0.2) is 5.78 Å². The number of Topliss-reactive ketones (excluding diaryl/α,β-unsaturated/α-hetero) is 1. The van der Waals surface area contributed by atoms with Crippen LogP contribution in [0.15, 0.2) is 24.3 Å². The summed E-state index contributed by atoms with van der Waals surface area (Å²) in [5, 5.41) is 3.05. The minimum atomic E-state index is -0.261. The molecule has 0 aliphatic carbocycles. The second-order valence-corrected chi connectivity index (χ2v) is 3.56. The fraction of sp³-hybridized carbons (Fsp3) is 0.364. The van der Waals surface area contributed by atoms with Crippen molar-refractivity contribution >= 4 is 5.78 Å². The lowest BCUT2D eigenvalue weighted by molar-refractivity contribution is -0.121. The summed E-state index contributed by atoms with van der Waals surface area (Å²) in [6.45, 7) is 0.930. The van der Waals surface area contributed by atoms with Crippen molar-refractivity contribution in [2.45, 2.75) is 18.9 Å². The highest BCUT2D eigenvalue weighted by molar-refractivity contribution is 5.86. The highest BCUT2D eigenvalue weighted by Gasteiger charge is 2.23. The lowest BCUT2D eigenvalue weighted by Crippen LogP contribution is -2.49. The number of ketones is 1. The van der Waals surface area contributed by atoms with Crippen molar-refractivity contribution in [3.8, 4) is 0 Å². The minimum absolute atomic E-state index is 0.0278. The summed E-state index contributed by atoms with van der Waals surface area (Å²) in [4.78, 5) is 11.5. The van der Waals surface area contributed by atoms with Crippen molar-refractivity contribution in [3.05, 3.63) is 35.6 Å². The van der Waals surface area contributed by atoms with Crippen LogP contribution in [0.4, 0.5) is 4.39 Å². The van der Waals surface area contributed by atoms with Crippen LogP contribution in [0.1, 0.15) is 12.0 Å².